The molecule has 7 atom stereocenters. The van der Waals surface area contributed by atoms with Gasteiger partial charge in [-0.05, 0) is 102 Å². The molecule has 0 radical (unpaired) electrons. The van der Waals surface area contributed by atoms with Crippen molar-refractivity contribution in [3.8, 4) is 0 Å². The summed E-state index contributed by atoms with van der Waals surface area (Å²) in [5, 5.41) is 14.6. The molecule has 5 aliphatic heterocycles. The molecule has 18 nitrogen and oxygen atoms in total. The number of thioether (sulfide) groups is 1. The maximum Gasteiger partial charge on any atom is 0.409 e. The van der Waals surface area contributed by atoms with Crippen LogP contribution in [-0.4, -0.2) is 129 Å². The summed E-state index contributed by atoms with van der Waals surface area (Å²) in [4.78, 5) is 112. The average Bonchev–Trinajstić information content (AvgIpc) is 3.74. The minimum absolute atomic E-state index is 0.00223. The molecule has 20 heteroatoms. The first kappa shape index (κ1) is 53.0. The van der Waals surface area contributed by atoms with Gasteiger partial charge < -0.3 is 33.8 Å². The number of carbonyl (C=O) groups is 8. The van der Waals surface area contributed by atoms with Crippen LogP contribution in [0, 0.1) is 24.7 Å². The van der Waals surface area contributed by atoms with Gasteiger partial charge in [0.25, 0.3) is 11.8 Å². The van der Waals surface area contributed by atoms with Crippen molar-refractivity contribution in [2.45, 2.75) is 159 Å². The van der Waals surface area contributed by atoms with Gasteiger partial charge in [-0.3, -0.25) is 34.2 Å². The van der Waals surface area contributed by atoms with E-state index in [-0.39, 0.29) is 69.4 Å². The van der Waals surface area contributed by atoms with Gasteiger partial charge in [-0.2, -0.15) is 0 Å². The molecule has 0 aromatic heterocycles. The van der Waals surface area contributed by atoms with E-state index in [1.54, 1.807) is 34.7 Å². The molecule has 7 rings (SSSR count). The zero-order valence-electron chi connectivity index (χ0n) is 40.9. The number of hydroxylamine groups is 2. The van der Waals surface area contributed by atoms with Crippen LogP contribution < -0.4 is 10.2 Å². The van der Waals surface area contributed by atoms with Gasteiger partial charge in [0, 0.05) is 58.2 Å². The largest absolute Gasteiger partial charge is 0.457 e. The Morgan fingerprint density at radius 3 is 2.40 bits per heavy atom. The molecule has 1 aromatic rings. The molecule has 382 valence electrons. The highest BCUT2D eigenvalue weighted by molar-refractivity contribution is 8.00. The van der Waals surface area contributed by atoms with Gasteiger partial charge in [0.2, 0.25) is 17.7 Å². The Hall–Kier alpha value is -4.82. The quantitative estimate of drug-likeness (QED) is 0.109. The number of ether oxygens (including phenoxy) is 4. The lowest BCUT2D eigenvalue weighted by atomic mass is 9.82. The molecule has 5 fully saturated rings. The van der Waals surface area contributed by atoms with Crippen LogP contribution in [0.1, 0.15) is 116 Å². The fourth-order valence-corrected chi connectivity index (χ4v) is 11.1. The second-order valence-electron chi connectivity index (χ2n) is 20.3. The molecule has 5 heterocycles. The highest BCUT2D eigenvalue weighted by Crippen LogP contribution is 2.47. The number of esters is 1. The predicted molar refractivity (Wildman–Crippen MR) is 256 cm³/mol. The summed E-state index contributed by atoms with van der Waals surface area (Å²) in [7, 11) is 1.61. The van der Waals surface area contributed by atoms with Gasteiger partial charge in [-0.15, -0.1) is 16.8 Å². The SMILES string of the molecule is C/C1=C\C=C\[C@@H](C)[C@@]2(O)CC(C[C@@H]3O[C@@]3(C)[C@@H](OC(=O)C(C)(C)OCCCSC3CC(=O)N(C[C@H]4CC[C@H](C(=O)ON5C(=O)CCC5=O)CC4)C3=O)CC(=O)N(C)c3cc(cc(C)c3Cl)C1)OC(=O)N2. The second-order valence-corrected chi connectivity index (χ2v) is 22.0. The van der Waals surface area contributed by atoms with E-state index in [1.807, 2.05) is 44.2 Å². The van der Waals surface area contributed by atoms with Gasteiger partial charge in [0.15, 0.2) is 5.60 Å². The molecule has 70 heavy (non-hydrogen) atoms. The maximum absolute atomic E-state index is 14.2. The first-order valence-corrected chi connectivity index (χ1v) is 25.6. The van der Waals surface area contributed by atoms with Crippen LogP contribution in [0.15, 0.2) is 35.9 Å². The molecular formula is C50H65ClN4O14S. The minimum atomic E-state index is -1.62. The Morgan fingerprint density at radius 1 is 1.00 bits per heavy atom. The van der Waals surface area contributed by atoms with E-state index < -0.39 is 88.1 Å². The topological polar surface area (TPSA) is 228 Å². The Morgan fingerprint density at radius 2 is 1.70 bits per heavy atom. The Labute approximate surface area is 417 Å². The predicted octanol–water partition coefficient (Wildman–Crippen LogP) is 5.80. The second kappa shape index (κ2) is 21.5. The number of aliphatic hydroxyl groups is 1. The van der Waals surface area contributed by atoms with Crippen LogP contribution in [-0.2, 0) is 63.8 Å². The summed E-state index contributed by atoms with van der Waals surface area (Å²) in [5.74, 6) is -3.87. The molecule has 2 N–H and O–H groups in total. The zero-order valence-corrected chi connectivity index (χ0v) is 42.5. The van der Waals surface area contributed by atoms with E-state index in [0.29, 0.717) is 60.1 Å². The van der Waals surface area contributed by atoms with Crippen molar-refractivity contribution >= 4 is 76.6 Å². The number of epoxide rings is 1. The number of carbonyl (C=O) groups excluding carboxylic acids is 8. The molecular weight excluding hydrogens is 948 g/mol. The number of aryl methyl sites for hydroxylation is 1. The van der Waals surface area contributed by atoms with Crippen molar-refractivity contribution in [2.75, 3.05) is 30.9 Å². The Bertz CT molecular complexity index is 2320. The number of benzene rings is 1. The number of alkyl carbamates (subject to hydrolysis) is 1. The number of rotatable bonds is 12. The summed E-state index contributed by atoms with van der Waals surface area (Å²) in [6.07, 6.45) is 5.38. The van der Waals surface area contributed by atoms with E-state index in [9.17, 15) is 43.5 Å². The number of halogens is 1. The number of hydrogen-bond donors (Lipinski definition) is 2. The van der Waals surface area contributed by atoms with Crippen LogP contribution >= 0.6 is 23.4 Å². The molecule has 6 amide bonds. The van der Waals surface area contributed by atoms with Crippen LogP contribution in [0.5, 0.6) is 0 Å². The van der Waals surface area contributed by atoms with Crippen molar-refractivity contribution in [1.82, 2.24) is 15.3 Å². The lowest BCUT2D eigenvalue weighted by Gasteiger charge is -2.40. The fourth-order valence-electron chi connectivity index (χ4n) is 9.77. The molecule has 1 aliphatic carbocycles. The summed E-state index contributed by atoms with van der Waals surface area (Å²) >= 11 is 8.15. The van der Waals surface area contributed by atoms with Gasteiger partial charge in [-0.1, -0.05) is 48.4 Å². The van der Waals surface area contributed by atoms with Crippen molar-refractivity contribution in [2.24, 2.45) is 17.8 Å². The van der Waals surface area contributed by atoms with Crippen LogP contribution in [0.3, 0.4) is 0 Å². The summed E-state index contributed by atoms with van der Waals surface area (Å²) in [5.41, 5.74) is -1.10. The molecule has 4 bridgehead atoms. The average molecular weight is 1010 g/mol. The molecule has 4 saturated heterocycles. The van der Waals surface area contributed by atoms with E-state index in [4.69, 9.17) is 35.4 Å². The van der Waals surface area contributed by atoms with Gasteiger partial charge in [0.1, 0.15) is 23.5 Å². The monoisotopic (exact) mass is 1010 g/mol. The number of nitrogens with one attached hydrogen (secondary N) is 1. The van der Waals surface area contributed by atoms with Crippen molar-refractivity contribution in [3.05, 3.63) is 52.1 Å². The maximum atomic E-state index is 14.2. The van der Waals surface area contributed by atoms with Gasteiger partial charge in [-0.25, -0.2) is 14.4 Å². The van der Waals surface area contributed by atoms with Crippen molar-refractivity contribution < 1.29 is 67.2 Å². The fraction of sp³-hybridized carbons (Fsp3) is 0.640. The standard InChI is InChI=1S/C50H65ClN4O14S/c1-28-10-8-11-30(3)50(64)26-34(66-47(63)52-50)23-38-49(6,68-38)37(25-41(58)53(7)35-22-32(20-28)21-29(2)43(35)51)67-46(62)48(4,5)65-18-9-19-70-36-24-42(59)54(44(36)60)27-31-12-14-33(15-13-31)45(61)69-55-39(56)16-17-40(55)57/h8,10-11,21-22,30-31,33-34,36-38,64H,9,12-20,23-27H2,1-7H3,(H,52,63)/b11-8+,28-10+/t30-,31-,33-,34?,36?,37+,38+,49+,50+/m1/s1. The van der Waals surface area contributed by atoms with Crippen molar-refractivity contribution in [3.63, 3.8) is 0 Å². The number of nitrogens with zero attached hydrogens (tertiary/aromatic N) is 3. The third-order valence-corrected chi connectivity index (χ3v) is 16.2. The first-order chi connectivity index (χ1) is 33.0. The number of anilines is 1. The van der Waals surface area contributed by atoms with E-state index >= 15 is 0 Å². The highest BCUT2D eigenvalue weighted by Gasteiger charge is 2.62. The molecule has 1 aromatic carbocycles. The van der Waals surface area contributed by atoms with Crippen LogP contribution in [0.25, 0.3) is 0 Å². The third kappa shape index (κ3) is 12.1. The first-order valence-electron chi connectivity index (χ1n) is 24.1. The van der Waals surface area contributed by atoms with E-state index in [2.05, 4.69) is 5.32 Å². The zero-order chi connectivity index (χ0) is 50.9. The Kier molecular flexibility index (Phi) is 16.3. The molecule has 1 saturated carbocycles. The lowest BCUT2D eigenvalue weighted by Crippen LogP contribution is -2.59. The highest BCUT2D eigenvalue weighted by atomic mass is 35.5. The Balaban J connectivity index is 0.938. The normalized spacial score (nSPS) is 32.2. The lowest BCUT2D eigenvalue weighted by molar-refractivity contribution is -0.201. The molecule has 0 spiro atoms. The summed E-state index contributed by atoms with van der Waals surface area (Å²) < 4.78 is 24.1. The number of imide groups is 2. The molecule has 2 unspecified atom stereocenters. The number of fused-ring (bicyclic) bond motifs is 5. The van der Waals surface area contributed by atoms with E-state index in [1.165, 1.54) is 21.6 Å². The third-order valence-electron chi connectivity index (χ3n) is 14.5. The van der Waals surface area contributed by atoms with Crippen molar-refractivity contribution in [1.29, 1.82) is 0 Å². The number of amides is 6. The number of allylic oxidation sites excluding steroid dienone is 3. The van der Waals surface area contributed by atoms with Gasteiger partial charge >= 0.3 is 18.0 Å². The van der Waals surface area contributed by atoms with E-state index in [0.717, 1.165) is 16.7 Å². The number of hydrogen-bond acceptors (Lipinski definition) is 15. The number of likely N-dealkylation sites (tertiary alicyclic amines) is 1. The summed E-state index contributed by atoms with van der Waals surface area (Å²) in [6, 6.07) is 3.82. The van der Waals surface area contributed by atoms with Gasteiger partial charge in [0.05, 0.1) is 34.4 Å². The smallest absolute Gasteiger partial charge is 0.409 e. The van der Waals surface area contributed by atoms with Crippen LogP contribution in [0.2, 0.25) is 5.02 Å². The minimum Gasteiger partial charge on any atom is -0.457 e. The summed E-state index contributed by atoms with van der Waals surface area (Å²) in [6.45, 7) is 10.9. The van der Waals surface area contributed by atoms with Crippen LogP contribution in [0.4, 0.5) is 10.5 Å². The molecule has 6 aliphatic rings.